The van der Waals surface area contributed by atoms with Crippen LogP contribution >= 0.6 is 0 Å². The van der Waals surface area contributed by atoms with E-state index in [0.717, 1.165) is 6.42 Å². The van der Waals surface area contributed by atoms with Gasteiger partial charge in [0, 0.05) is 5.54 Å². The van der Waals surface area contributed by atoms with E-state index in [1.807, 2.05) is 0 Å². The lowest BCUT2D eigenvalue weighted by molar-refractivity contribution is 0.450. The van der Waals surface area contributed by atoms with Gasteiger partial charge in [0.2, 0.25) is 0 Å². The van der Waals surface area contributed by atoms with E-state index in [2.05, 4.69) is 47.6 Å². The molecule has 0 unspecified atom stereocenters. The van der Waals surface area contributed by atoms with Crippen molar-refractivity contribution >= 4 is 0 Å². The van der Waals surface area contributed by atoms with E-state index in [4.69, 9.17) is 5.73 Å². The van der Waals surface area contributed by atoms with Crippen LogP contribution in [0.25, 0.3) is 0 Å². The topological polar surface area (TPSA) is 26.0 Å². The molecular weight excluding hydrogens is 218 g/mol. The third-order valence-corrected chi connectivity index (χ3v) is 4.02. The highest BCUT2D eigenvalue weighted by Crippen LogP contribution is 2.24. The smallest absolute Gasteiger partial charge is 0.00970 e. The molecule has 0 amide bonds. The molecule has 0 saturated heterocycles. The molecule has 0 aliphatic heterocycles. The molecule has 18 heavy (non-hydrogen) atoms. The molecule has 0 heterocycles. The first-order valence-electron chi connectivity index (χ1n) is 7.07. The highest BCUT2D eigenvalue weighted by atomic mass is 14.7. The molecule has 0 aliphatic carbocycles. The number of aryl methyl sites for hydroxylation is 2. The van der Waals surface area contributed by atoms with Gasteiger partial charge in [0.05, 0.1) is 0 Å². The molecule has 0 atom stereocenters. The molecule has 0 spiro atoms. The van der Waals surface area contributed by atoms with Crippen molar-refractivity contribution in [3.05, 3.63) is 33.9 Å². The van der Waals surface area contributed by atoms with Crippen LogP contribution in [0.3, 0.4) is 0 Å². The first-order valence-corrected chi connectivity index (χ1v) is 7.07. The SMILES string of the molecule is Cc1cc(C)c(C)c(CCCCC(C)(C)N)c1C. The zero-order valence-electron chi connectivity index (χ0n) is 13.0. The third-order valence-electron chi connectivity index (χ3n) is 4.02. The quantitative estimate of drug-likeness (QED) is 0.768. The summed E-state index contributed by atoms with van der Waals surface area (Å²) in [4.78, 5) is 0. The van der Waals surface area contributed by atoms with Gasteiger partial charge in [-0.15, -0.1) is 0 Å². The first kappa shape index (κ1) is 15.2. The Morgan fingerprint density at radius 2 is 1.44 bits per heavy atom. The Morgan fingerprint density at radius 1 is 0.944 bits per heavy atom. The number of hydrogen-bond donors (Lipinski definition) is 1. The number of unbranched alkanes of at least 4 members (excludes halogenated alkanes) is 1. The summed E-state index contributed by atoms with van der Waals surface area (Å²) in [6, 6.07) is 2.30. The molecular formula is C17H29N. The second-order valence-corrected chi connectivity index (χ2v) is 6.43. The Bertz CT molecular complexity index is 384. The number of benzene rings is 1. The first-order chi connectivity index (χ1) is 8.22. The molecule has 102 valence electrons. The average Bonchev–Trinajstić information content (AvgIpc) is 2.24. The summed E-state index contributed by atoms with van der Waals surface area (Å²) >= 11 is 0. The zero-order chi connectivity index (χ0) is 13.9. The van der Waals surface area contributed by atoms with Crippen LogP contribution in [-0.2, 0) is 6.42 Å². The van der Waals surface area contributed by atoms with Crippen LogP contribution < -0.4 is 5.73 Å². The van der Waals surface area contributed by atoms with Gasteiger partial charge in [0.15, 0.2) is 0 Å². The molecule has 1 rings (SSSR count). The summed E-state index contributed by atoms with van der Waals surface area (Å²) in [6.45, 7) is 13.2. The fourth-order valence-corrected chi connectivity index (χ4v) is 2.56. The van der Waals surface area contributed by atoms with Crippen molar-refractivity contribution in [3.63, 3.8) is 0 Å². The van der Waals surface area contributed by atoms with Crippen molar-refractivity contribution in [1.29, 1.82) is 0 Å². The second-order valence-electron chi connectivity index (χ2n) is 6.43. The van der Waals surface area contributed by atoms with E-state index >= 15 is 0 Å². The van der Waals surface area contributed by atoms with Crippen molar-refractivity contribution in [2.75, 3.05) is 0 Å². The normalized spacial score (nSPS) is 11.9. The molecule has 1 aromatic rings. The third kappa shape index (κ3) is 4.13. The maximum Gasteiger partial charge on any atom is 0.00970 e. The number of rotatable bonds is 5. The monoisotopic (exact) mass is 247 g/mol. The lowest BCUT2D eigenvalue weighted by Gasteiger charge is -2.19. The summed E-state index contributed by atoms with van der Waals surface area (Å²) in [6.07, 6.45) is 4.76. The van der Waals surface area contributed by atoms with Gasteiger partial charge in [-0.1, -0.05) is 12.5 Å². The number of nitrogens with two attached hydrogens (primary N) is 1. The molecule has 0 aliphatic rings. The van der Waals surface area contributed by atoms with E-state index in [1.54, 1.807) is 5.56 Å². The maximum absolute atomic E-state index is 6.02. The van der Waals surface area contributed by atoms with Gasteiger partial charge in [-0.3, -0.25) is 0 Å². The minimum Gasteiger partial charge on any atom is -0.326 e. The molecule has 0 bridgehead atoms. The summed E-state index contributed by atoms with van der Waals surface area (Å²) < 4.78 is 0. The van der Waals surface area contributed by atoms with Crippen molar-refractivity contribution in [2.45, 2.75) is 72.8 Å². The summed E-state index contributed by atoms with van der Waals surface area (Å²) in [7, 11) is 0. The molecule has 1 nitrogen and oxygen atoms in total. The lowest BCUT2D eigenvalue weighted by atomic mass is 9.90. The number of hydrogen-bond acceptors (Lipinski definition) is 1. The summed E-state index contributed by atoms with van der Waals surface area (Å²) in [5.41, 5.74) is 13.4. The van der Waals surface area contributed by atoms with Crippen molar-refractivity contribution in [3.8, 4) is 0 Å². The van der Waals surface area contributed by atoms with Crippen LogP contribution in [0.4, 0.5) is 0 Å². The minimum atomic E-state index is -0.0212. The van der Waals surface area contributed by atoms with Crippen LogP contribution in [0.2, 0.25) is 0 Å². The van der Waals surface area contributed by atoms with E-state index in [9.17, 15) is 0 Å². The second kappa shape index (κ2) is 5.88. The molecule has 0 radical (unpaired) electrons. The molecule has 0 aromatic heterocycles. The largest absolute Gasteiger partial charge is 0.326 e. The Balaban J connectivity index is 2.68. The van der Waals surface area contributed by atoms with Crippen LogP contribution in [0.15, 0.2) is 6.07 Å². The van der Waals surface area contributed by atoms with Gasteiger partial charge in [0.25, 0.3) is 0 Å². The zero-order valence-corrected chi connectivity index (χ0v) is 13.0. The Kier molecular flexibility index (Phi) is 4.98. The van der Waals surface area contributed by atoms with Gasteiger partial charge in [-0.2, -0.15) is 0 Å². The molecule has 0 saturated carbocycles. The Labute approximate surface area is 113 Å². The highest BCUT2D eigenvalue weighted by molar-refractivity contribution is 5.43. The predicted molar refractivity (Wildman–Crippen MR) is 81.2 cm³/mol. The standard InChI is InChI=1S/C17H29N/c1-12-11-13(2)15(4)16(14(12)3)9-7-8-10-17(5,6)18/h11H,7-10,18H2,1-6H3. The maximum atomic E-state index is 6.02. The van der Waals surface area contributed by atoms with E-state index in [0.29, 0.717) is 0 Å². The van der Waals surface area contributed by atoms with Crippen molar-refractivity contribution in [2.24, 2.45) is 5.73 Å². The minimum absolute atomic E-state index is 0.0212. The van der Waals surface area contributed by atoms with Crippen LogP contribution in [0.5, 0.6) is 0 Å². The van der Waals surface area contributed by atoms with Crippen LogP contribution in [0.1, 0.15) is 60.9 Å². The van der Waals surface area contributed by atoms with Gasteiger partial charge in [-0.05, 0) is 88.6 Å². The van der Waals surface area contributed by atoms with Crippen LogP contribution in [0, 0.1) is 27.7 Å². The van der Waals surface area contributed by atoms with Crippen molar-refractivity contribution < 1.29 is 0 Å². The predicted octanol–water partition coefficient (Wildman–Crippen LogP) is 4.37. The fraction of sp³-hybridized carbons (Fsp3) is 0.647. The Hall–Kier alpha value is -0.820. The van der Waals surface area contributed by atoms with Gasteiger partial charge < -0.3 is 5.73 Å². The van der Waals surface area contributed by atoms with Gasteiger partial charge >= 0.3 is 0 Å². The van der Waals surface area contributed by atoms with E-state index in [1.165, 1.54) is 41.5 Å². The molecule has 1 aromatic carbocycles. The molecule has 2 N–H and O–H groups in total. The summed E-state index contributed by atoms with van der Waals surface area (Å²) in [5, 5.41) is 0. The average molecular weight is 247 g/mol. The Morgan fingerprint density at radius 3 is 1.89 bits per heavy atom. The van der Waals surface area contributed by atoms with Crippen molar-refractivity contribution in [1.82, 2.24) is 0 Å². The van der Waals surface area contributed by atoms with Gasteiger partial charge in [0.1, 0.15) is 0 Å². The fourth-order valence-electron chi connectivity index (χ4n) is 2.56. The summed E-state index contributed by atoms with van der Waals surface area (Å²) in [5.74, 6) is 0. The van der Waals surface area contributed by atoms with Gasteiger partial charge in [-0.25, -0.2) is 0 Å². The molecule has 0 fully saturated rings. The highest BCUT2D eigenvalue weighted by Gasteiger charge is 2.11. The molecule has 1 heteroatoms. The van der Waals surface area contributed by atoms with Crippen LogP contribution in [-0.4, -0.2) is 5.54 Å². The lowest BCUT2D eigenvalue weighted by Crippen LogP contribution is -2.31. The van der Waals surface area contributed by atoms with E-state index in [-0.39, 0.29) is 5.54 Å². The van der Waals surface area contributed by atoms with E-state index < -0.39 is 0 Å².